The van der Waals surface area contributed by atoms with Crippen LogP contribution in [-0.2, 0) is 19.6 Å². The van der Waals surface area contributed by atoms with Gasteiger partial charge in [0.05, 0.1) is 23.6 Å². The number of aliphatic hydroxyl groups is 1. The number of aryl methyl sites for hydroxylation is 1. The van der Waals surface area contributed by atoms with Crippen molar-refractivity contribution in [3.63, 3.8) is 0 Å². The van der Waals surface area contributed by atoms with E-state index in [1.54, 1.807) is 35.4 Å². The van der Waals surface area contributed by atoms with Gasteiger partial charge in [0.1, 0.15) is 24.4 Å². The molecule has 2 amide bonds. The lowest BCUT2D eigenvalue weighted by atomic mass is 10.0. The number of rotatable bonds is 9. The van der Waals surface area contributed by atoms with Crippen LogP contribution in [0.3, 0.4) is 0 Å². The molecule has 264 valence electrons. The van der Waals surface area contributed by atoms with Crippen LogP contribution in [0.5, 0.6) is 5.75 Å². The van der Waals surface area contributed by atoms with Crippen LogP contribution in [-0.4, -0.2) is 65.9 Å². The van der Waals surface area contributed by atoms with E-state index in [-0.39, 0.29) is 42.7 Å². The number of benzene rings is 3. The highest BCUT2D eigenvalue weighted by Gasteiger charge is 2.39. The zero-order valence-corrected chi connectivity index (χ0v) is 29.0. The summed E-state index contributed by atoms with van der Waals surface area (Å²) in [6.45, 7) is 2.81. The van der Waals surface area contributed by atoms with Crippen LogP contribution in [0, 0.1) is 6.92 Å². The third kappa shape index (κ3) is 7.44. The molecule has 2 N–H and O–H groups in total. The Labute approximate surface area is 298 Å². The van der Waals surface area contributed by atoms with Crippen molar-refractivity contribution in [3.8, 4) is 22.7 Å². The van der Waals surface area contributed by atoms with Gasteiger partial charge >= 0.3 is 11.9 Å². The van der Waals surface area contributed by atoms with Crippen molar-refractivity contribution in [1.29, 1.82) is 0 Å². The lowest BCUT2D eigenvalue weighted by Gasteiger charge is -2.34. The van der Waals surface area contributed by atoms with Crippen molar-refractivity contribution >= 4 is 27.7 Å². The first-order chi connectivity index (χ1) is 24.3. The maximum atomic E-state index is 14.2. The summed E-state index contributed by atoms with van der Waals surface area (Å²) >= 11 is 3.46. The minimum absolute atomic E-state index is 0.00244. The van der Waals surface area contributed by atoms with Crippen LogP contribution in [0.2, 0.25) is 0 Å². The number of fused-ring (bicyclic) bond motifs is 1. The summed E-state index contributed by atoms with van der Waals surface area (Å²) < 4.78 is 47.0. The van der Waals surface area contributed by atoms with Gasteiger partial charge in [-0.15, -0.1) is 0 Å². The highest BCUT2D eigenvalue weighted by molar-refractivity contribution is 9.10. The molecule has 51 heavy (non-hydrogen) atoms. The summed E-state index contributed by atoms with van der Waals surface area (Å²) in [5.74, 6) is -0.841. The molecule has 0 radical (unpaired) electrons. The van der Waals surface area contributed by atoms with Gasteiger partial charge in [-0.05, 0) is 73.5 Å². The Morgan fingerprint density at radius 2 is 1.84 bits per heavy atom. The van der Waals surface area contributed by atoms with Gasteiger partial charge in [0.15, 0.2) is 6.10 Å². The Kier molecular flexibility index (Phi) is 10.1. The molecule has 0 saturated carbocycles. The van der Waals surface area contributed by atoms with Gasteiger partial charge < -0.3 is 20.1 Å². The largest absolute Gasteiger partial charge is 0.491 e. The normalized spacial score (nSPS) is 14.9. The molecule has 15 heteroatoms. The molecule has 5 aromatic rings. The van der Waals surface area contributed by atoms with E-state index in [0.29, 0.717) is 17.0 Å². The average molecular weight is 766 g/mol. The Balaban J connectivity index is 1.36. The summed E-state index contributed by atoms with van der Waals surface area (Å²) in [7, 11) is 0. The van der Waals surface area contributed by atoms with E-state index >= 15 is 0 Å². The molecule has 0 bridgehead atoms. The molecule has 0 unspecified atom stereocenters. The van der Waals surface area contributed by atoms with E-state index in [2.05, 4.69) is 31.2 Å². The molecule has 2 atom stereocenters. The minimum atomic E-state index is -4.85. The SMILES string of the molecule is Cc1cc(C(=O)N2Cc3c(C(=O)NCc4ccccc4-c4ccncn4)n(-c4ccc(OC[C@@H](O)C(F)(F)F)cc4)c(=O)n3C[C@H]2C)ccc1Br. The Hall–Kier alpha value is -5.28. The number of halogens is 4. The van der Waals surface area contributed by atoms with Crippen LogP contribution in [0.25, 0.3) is 16.9 Å². The number of alkyl halides is 3. The Morgan fingerprint density at radius 1 is 1.10 bits per heavy atom. The van der Waals surface area contributed by atoms with E-state index in [4.69, 9.17) is 4.74 Å². The van der Waals surface area contributed by atoms with Crippen molar-refractivity contribution in [3.05, 3.63) is 128 Å². The molecule has 0 spiro atoms. The number of amides is 2. The second-order valence-electron chi connectivity index (χ2n) is 12.1. The smallest absolute Gasteiger partial charge is 0.417 e. The number of hydrogen-bond acceptors (Lipinski definition) is 7. The number of nitrogens with zero attached hydrogens (tertiary/aromatic N) is 5. The monoisotopic (exact) mass is 764 g/mol. The van der Waals surface area contributed by atoms with Gasteiger partial charge in [-0.3, -0.25) is 18.7 Å². The molecule has 6 rings (SSSR count). The lowest BCUT2D eigenvalue weighted by molar-refractivity contribution is -0.210. The maximum Gasteiger partial charge on any atom is 0.417 e. The maximum absolute atomic E-state index is 14.2. The number of carbonyl (C=O) groups excluding carboxylic acids is 2. The number of nitrogens with one attached hydrogen (secondary N) is 1. The molecule has 2 aromatic heterocycles. The fourth-order valence-electron chi connectivity index (χ4n) is 5.90. The number of aliphatic hydroxyl groups excluding tert-OH is 1. The summed E-state index contributed by atoms with van der Waals surface area (Å²) in [5, 5.41) is 12.3. The second kappa shape index (κ2) is 14.5. The van der Waals surface area contributed by atoms with E-state index in [1.165, 1.54) is 39.7 Å². The summed E-state index contributed by atoms with van der Waals surface area (Å²) in [6, 6.07) is 19.5. The van der Waals surface area contributed by atoms with E-state index in [9.17, 15) is 32.7 Å². The molecule has 1 aliphatic rings. The Bertz CT molecular complexity index is 2140. The van der Waals surface area contributed by atoms with Crippen LogP contribution in [0.4, 0.5) is 13.2 Å². The zero-order chi connectivity index (χ0) is 36.4. The summed E-state index contributed by atoms with van der Waals surface area (Å²) in [4.78, 5) is 52.0. The van der Waals surface area contributed by atoms with Crippen LogP contribution in [0.15, 0.2) is 94.6 Å². The van der Waals surface area contributed by atoms with Crippen LogP contribution < -0.4 is 15.7 Å². The topological polar surface area (TPSA) is 132 Å². The zero-order valence-electron chi connectivity index (χ0n) is 27.4. The number of hydrogen-bond donors (Lipinski definition) is 2. The molecule has 0 fully saturated rings. The summed E-state index contributed by atoms with van der Waals surface area (Å²) in [6.07, 6.45) is -4.49. The van der Waals surface area contributed by atoms with Crippen molar-refractivity contribution in [2.45, 2.75) is 51.8 Å². The first kappa shape index (κ1) is 35.5. The molecule has 3 aromatic carbocycles. The first-order valence-electron chi connectivity index (χ1n) is 15.9. The van der Waals surface area contributed by atoms with Crippen molar-refractivity contribution in [2.75, 3.05) is 6.61 Å². The quantitative estimate of drug-likeness (QED) is 0.204. The van der Waals surface area contributed by atoms with Crippen molar-refractivity contribution < 1.29 is 32.6 Å². The van der Waals surface area contributed by atoms with Crippen molar-refractivity contribution in [2.24, 2.45) is 0 Å². The third-order valence-electron chi connectivity index (χ3n) is 8.62. The number of carbonyl (C=O) groups is 2. The standard InChI is InChI=1S/C36H32BrF3N6O5/c1-21-15-23(7-12-28(21)37)34(49)44-18-30-32(33(48)42-16-24-5-3-4-6-27(24)29-13-14-41-20-43-29)46(35(50)45(30)17-22(44)2)25-8-10-26(11-9-25)51-19-31(47)36(38,39)40/h3-15,20,22,31,47H,16-19H2,1-2H3,(H,42,48)/t22-,31-/m1/s1. The van der Waals surface area contributed by atoms with Gasteiger partial charge in [-0.2, -0.15) is 13.2 Å². The molecule has 0 aliphatic carbocycles. The second-order valence-corrected chi connectivity index (χ2v) is 12.9. The van der Waals surface area contributed by atoms with Gasteiger partial charge in [0, 0.05) is 40.9 Å². The number of aromatic nitrogens is 4. The molecular formula is C36H32BrF3N6O5. The van der Waals surface area contributed by atoms with Crippen molar-refractivity contribution in [1.82, 2.24) is 29.3 Å². The van der Waals surface area contributed by atoms with E-state index < -0.39 is 36.5 Å². The first-order valence-corrected chi connectivity index (χ1v) is 16.6. The van der Waals surface area contributed by atoms with Gasteiger partial charge in [0.25, 0.3) is 11.8 Å². The number of imidazole rings is 1. The van der Waals surface area contributed by atoms with Crippen LogP contribution in [0.1, 0.15) is 44.6 Å². The summed E-state index contributed by atoms with van der Waals surface area (Å²) in [5.41, 5.74) is 3.54. The predicted octanol–water partition coefficient (Wildman–Crippen LogP) is 5.44. The van der Waals surface area contributed by atoms with Gasteiger partial charge in [0.2, 0.25) is 0 Å². The lowest BCUT2D eigenvalue weighted by Crippen LogP contribution is -2.47. The number of ether oxygens (including phenoxy) is 1. The van der Waals surface area contributed by atoms with Crippen LogP contribution >= 0.6 is 15.9 Å². The van der Waals surface area contributed by atoms with E-state index in [1.807, 2.05) is 38.1 Å². The Morgan fingerprint density at radius 3 is 2.53 bits per heavy atom. The van der Waals surface area contributed by atoms with Gasteiger partial charge in [-0.1, -0.05) is 40.2 Å². The average Bonchev–Trinajstić information content (AvgIpc) is 3.41. The molecule has 1 aliphatic heterocycles. The van der Waals surface area contributed by atoms with Gasteiger partial charge in [-0.25, -0.2) is 14.8 Å². The highest BCUT2D eigenvalue weighted by Crippen LogP contribution is 2.28. The predicted molar refractivity (Wildman–Crippen MR) is 184 cm³/mol. The fraction of sp³-hybridized carbons (Fsp3) is 0.250. The molecular weight excluding hydrogens is 733 g/mol. The third-order valence-corrected chi connectivity index (χ3v) is 9.51. The highest BCUT2D eigenvalue weighted by atomic mass is 79.9. The molecule has 0 saturated heterocycles. The molecule has 11 nitrogen and oxygen atoms in total. The fourth-order valence-corrected chi connectivity index (χ4v) is 6.15. The molecule has 3 heterocycles. The minimum Gasteiger partial charge on any atom is -0.491 e. The van der Waals surface area contributed by atoms with E-state index in [0.717, 1.165) is 21.2 Å².